The molecule has 4 nitrogen and oxygen atoms in total. The molecule has 1 rings (SSSR count). The second kappa shape index (κ2) is 2.41. The number of nitrogens with two attached hydrogens (primary N) is 1. The lowest BCUT2D eigenvalue weighted by Crippen LogP contribution is -3.00. The van der Waals surface area contributed by atoms with Crippen molar-refractivity contribution in [2.45, 2.75) is 0 Å². The third-order valence-electron chi connectivity index (χ3n) is 0.437. The van der Waals surface area contributed by atoms with Crippen molar-refractivity contribution in [2.75, 3.05) is 5.84 Å². The van der Waals surface area contributed by atoms with Crippen molar-refractivity contribution in [2.24, 2.45) is 0 Å². The summed E-state index contributed by atoms with van der Waals surface area (Å²) in [4.78, 5) is 0. The number of nitrogen functional groups attached to an aromatic ring is 1. The molecule has 0 fully saturated rings. The summed E-state index contributed by atoms with van der Waals surface area (Å²) in [7, 11) is 0. The summed E-state index contributed by atoms with van der Waals surface area (Å²) in [6.45, 7) is 0. The molecule has 40 valence electrons. The van der Waals surface area contributed by atoms with Gasteiger partial charge in [-0.25, -0.2) is 4.68 Å². The van der Waals surface area contributed by atoms with E-state index in [1.165, 1.54) is 17.3 Å². The van der Waals surface area contributed by atoms with E-state index in [-0.39, 0.29) is 12.4 Å². The third-order valence-corrected chi connectivity index (χ3v) is 0.437. The van der Waals surface area contributed by atoms with Crippen molar-refractivity contribution < 1.29 is 12.4 Å². The number of aromatic nitrogens is 3. The molecular weight excluding hydrogens is 116 g/mol. The lowest BCUT2D eigenvalue weighted by molar-refractivity contribution is -0.00000141. The van der Waals surface area contributed by atoms with Crippen LogP contribution in [-0.2, 0) is 0 Å². The summed E-state index contributed by atoms with van der Waals surface area (Å²) in [6, 6.07) is 0. The second-order valence-corrected chi connectivity index (χ2v) is 0.909. The van der Waals surface area contributed by atoms with Gasteiger partial charge in [-0.05, 0) is 0 Å². The van der Waals surface area contributed by atoms with E-state index < -0.39 is 0 Å². The Balaban J connectivity index is 0.000000360. The van der Waals surface area contributed by atoms with Crippen LogP contribution < -0.4 is 18.2 Å². The average molecular weight is 120 g/mol. The van der Waals surface area contributed by atoms with Gasteiger partial charge in [0.25, 0.3) is 0 Å². The average Bonchev–Trinajstić information content (AvgIpc) is 1.86. The van der Waals surface area contributed by atoms with E-state index >= 15 is 0 Å². The Labute approximate surface area is 46.7 Å². The van der Waals surface area contributed by atoms with E-state index in [0.717, 1.165) is 0 Å². The molecule has 1 heterocycles. The first-order valence-corrected chi connectivity index (χ1v) is 1.49. The zero-order valence-electron chi connectivity index (χ0n) is 3.45. The van der Waals surface area contributed by atoms with E-state index in [1.54, 1.807) is 0 Å². The maximum absolute atomic E-state index is 5.07. The van der Waals surface area contributed by atoms with Gasteiger partial charge in [-0.2, -0.15) is 0 Å². The molecule has 0 unspecified atom stereocenters. The standard InChI is InChI=1S/C2H4N4.ClH/c3-6-1-4-5-2-6;/h1-2H,3H2;1H/p-1. The molecule has 1 aromatic heterocycles. The molecule has 0 aliphatic rings. The maximum atomic E-state index is 5.07. The first kappa shape index (κ1) is 6.23. The molecule has 0 saturated heterocycles. The zero-order chi connectivity index (χ0) is 4.41. The molecule has 2 N–H and O–H groups in total. The SMILES string of the molecule is Nn1cnnc1.[Cl-]. The summed E-state index contributed by atoms with van der Waals surface area (Å²) in [5.74, 6) is 5.07. The van der Waals surface area contributed by atoms with Gasteiger partial charge in [0.2, 0.25) is 0 Å². The molecule has 5 heteroatoms. The fraction of sp³-hybridized carbons (Fsp3) is 0. The van der Waals surface area contributed by atoms with E-state index in [2.05, 4.69) is 10.2 Å². The number of nitrogens with zero attached hydrogens (tertiary/aromatic N) is 3. The van der Waals surface area contributed by atoms with Gasteiger partial charge in [0.15, 0.2) is 0 Å². The van der Waals surface area contributed by atoms with Crippen molar-refractivity contribution in [1.29, 1.82) is 0 Å². The molecule has 0 saturated carbocycles. The van der Waals surface area contributed by atoms with Crippen LogP contribution in [0.15, 0.2) is 12.7 Å². The highest BCUT2D eigenvalue weighted by molar-refractivity contribution is 4.55. The van der Waals surface area contributed by atoms with Crippen molar-refractivity contribution in [3.8, 4) is 0 Å². The molecule has 0 spiro atoms. The summed E-state index contributed by atoms with van der Waals surface area (Å²) in [6.07, 6.45) is 2.83. The third kappa shape index (κ3) is 1.41. The van der Waals surface area contributed by atoms with Gasteiger partial charge in [-0.3, -0.25) is 0 Å². The molecule has 0 aliphatic heterocycles. The van der Waals surface area contributed by atoms with Crippen LogP contribution in [0.1, 0.15) is 0 Å². The van der Waals surface area contributed by atoms with E-state index in [4.69, 9.17) is 5.84 Å². The minimum Gasteiger partial charge on any atom is -1.00 e. The topological polar surface area (TPSA) is 56.7 Å². The molecule has 0 radical (unpaired) electrons. The Bertz CT molecular complexity index is 113. The Kier molecular flexibility index (Phi) is 2.15. The van der Waals surface area contributed by atoms with Crippen LogP contribution >= 0.6 is 0 Å². The minimum absolute atomic E-state index is 0. The van der Waals surface area contributed by atoms with Crippen molar-refractivity contribution in [1.82, 2.24) is 14.9 Å². The summed E-state index contributed by atoms with van der Waals surface area (Å²) in [5, 5.41) is 6.82. The van der Waals surface area contributed by atoms with Crippen LogP contribution in [0.2, 0.25) is 0 Å². The summed E-state index contributed by atoms with van der Waals surface area (Å²) < 4.78 is 1.28. The van der Waals surface area contributed by atoms with Gasteiger partial charge < -0.3 is 18.2 Å². The fourth-order valence-corrected chi connectivity index (χ4v) is 0.209. The first-order valence-electron chi connectivity index (χ1n) is 1.49. The van der Waals surface area contributed by atoms with Gasteiger partial charge in [0.05, 0.1) is 0 Å². The highest BCUT2D eigenvalue weighted by atomic mass is 35.5. The second-order valence-electron chi connectivity index (χ2n) is 0.909. The number of hydrogen-bond acceptors (Lipinski definition) is 3. The smallest absolute Gasteiger partial charge is 0.138 e. The lowest BCUT2D eigenvalue weighted by Gasteiger charge is -1.76. The van der Waals surface area contributed by atoms with Gasteiger partial charge in [-0.1, -0.05) is 0 Å². The van der Waals surface area contributed by atoms with Crippen LogP contribution in [0.5, 0.6) is 0 Å². The molecule has 0 atom stereocenters. The van der Waals surface area contributed by atoms with Crippen molar-refractivity contribution in [3.05, 3.63) is 12.7 Å². The quantitative estimate of drug-likeness (QED) is 0.354. The van der Waals surface area contributed by atoms with E-state index in [1.807, 2.05) is 0 Å². The highest BCUT2D eigenvalue weighted by Crippen LogP contribution is 1.61. The maximum Gasteiger partial charge on any atom is 0.138 e. The molecule has 7 heavy (non-hydrogen) atoms. The van der Waals surface area contributed by atoms with Crippen LogP contribution in [0.3, 0.4) is 0 Å². The predicted octanol–water partition coefficient (Wildman–Crippen LogP) is -4.00. The molecule has 0 bridgehead atoms. The van der Waals surface area contributed by atoms with Crippen LogP contribution in [0.25, 0.3) is 0 Å². The number of halogens is 1. The minimum atomic E-state index is 0. The van der Waals surface area contributed by atoms with E-state index in [9.17, 15) is 0 Å². The van der Waals surface area contributed by atoms with Crippen LogP contribution in [-0.4, -0.2) is 14.9 Å². The number of hydrogen-bond donors (Lipinski definition) is 1. The predicted molar refractivity (Wildman–Crippen MR) is 20.2 cm³/mol. The number of rotatable bonds is 0. The van der Waals surface area contributed by atoms with Gasteiger partial charge in [-0.15, -0.1) is 10.2 Å². The van der Waals surface area contributed by atoms with E-state index in [0.29, 0.717) is 0 Å². The zero-order valence-corrected chi connectivity index (χ0v) is 4.21. The van der Waals surface area contributed by atoms with Gasteiger partial charge >= 0.3 is 0 Å². The molecule has 0 amide bonds. The van der Waals surface area contributed by atoms with Gasteiger partial charge in [0, 0.05) is 0 Å². The molecule has 1 aromatic rings. The van der Waals surface area contributed by atoms with Gasteiger partial charge in [0.1, 0.15) is 12.7 Å². The largest absolute Gasteiger partial charge is 1.00 e. The molecule has 0 aromatic carbocycles. The van der Waals surface area contributed by atoms with Crippen molar-refractivity contribution in [3.63, 3.8) is 0 Å². The normalized spacial score (nSPS) is 7.43. The van der Waals surface area contributed by atoms with Crippen LogP contribution in [0.4, 0.5) is 0 Å². The Morgan fingerprint density at radius 1 is 1.29 bits per heavy atom. The first-order chi connectivity index (χ1) is 2.89. The Hall–Kier alpha value is -0.770. The Morgan fingerprint density at radius 3 is 1.86 bits per heavy atom. The summed E-state index contributed by atoms with van der Waals surface area (Å²) >= 11 is 0. The monoisotopic (exact) mass is 119 g/mol. The molecule has 0 aliphatic carbocycles. The van der Waals surface area contributed by atoms with Crippen LogP contribution in [0, 0.1) is 0 Å². The highest BCUT2D eigenvalue weighted by Gasteiger charge is 1.71. The fourth-order valence-electron chi connectivity index (χ4n) is 0.209. The lowest BCUT2D eigenvalue weighted by atomic mass is 11.3. The summed E-state index contributed by atoms with van der Waals surface area (Å²) in [5.41, 5.74) is 0. The van der Waals surface area contributed by atoms with Crippen molar-refractivity contribution >= 4 is 0 Å². The Morgan fingerprint density at radius 2 is 1.71 bits per heavy atom. The molecular formula is C2H4ClN4-.